The smallest absolute Gasteiger partial charge is 0.179 e. The Bertz CT molecular complexity index is 2440. The predicted molar refractivity (Wildman–Crippen MR) is 192 cm³/mol. The van der Waals surface area contributed by atoms with Crippen LogP contribution in [0.5, 0.6) is 0 Å². The molecule has 2 nitrogen and oxygen atoms in total. The van der Waals surface area contributed by atoms with Crippen LogP contribution in [0.4, 0.5) is 0 Å². The Morgan fingerprint density at radius 2 is 0.867 bits per heavy atom. The van der Waals surface area contributed by atoms with Crippen LogP contribution >= 0.6 is 0 Å². The summed E-state index contributed by atoms with van der Waals surface area (Å²) in [6, 6.07) is 64.3. The van der Waals surface area contributed by atoms with E-state index in [4.69, 9.17) is 4.42 Å². The van der Waals surface area contributed by atoms with E-state index in [-0.39, 0.29) is 0 Å². The first-order chi connectivity index (χ1) is 22.3. The Hall–Kier alpha value is -5.64. The second kappa shape index (κ2) is 10.2. The summed E-state index contributed by atoms with van der Waals surface area (Å²) in [6.45, 7) is 0. The molecule has 0 spiro atoms. The van der Waals surface area contributed by atoms with Gasteiger partial charge in [-0.3, -0.25) is 0 Å². The molecule has 0 aliphatic carbocycles. The van der Waals surface area contributed by atoms with E-state index in [1.54, 1.807) is 0 Å². The number of furan rings is 1. The molecule has 0 amide bonds. The molecule has 0 saturated carbocycles. The van der Waals surface area contributed by atoms with Gasteiger partial charge in [-0.15, -0.1) is 0 Å². The number of aromatic nitrogens is 1. The first-order valence-corrected chi connectivity index (χ1v) is 17.4. The number of nitrogens with zero attached hydrogens (tertiary/aromatic N) is 1. The van der Waals surface area contributed by atoms with E-state index in [9.17, 15) is 0 Å². The monoisotopic (exact) mass is 591 g/mol. The summed E-state index contributed by atoms with van der Waals surface area (Å²) in [7, 11) is -2.80. The third-order valence-corrected chi connectivity index (χ3v) is 14.1. The van der Waals surface area contributed by atoms with E-state index < -0.39 is 8.07 Å². The molecule has 0 bridgehead atoms. The van der Waals surface area contributed by atoms with Crippen LogP contribution in [0, 0.1) is 0 Å². The molecule has 0 aliphatic heterocycles. The van der Waals surface area contributed by atoms with Gasteiger partial charge >= 0.3 is 0 Å². The topological polar surface area (TPSA) is 18.1 Å². The molecule has 3 heteroatoms. The lowest BCUT2D eigenvalue weighted by molar-refractivity contribution is 0.669. The van der Waals surface area contributed by atoms with Crippen molar-refractivity contribution in [1.29, 1.82) is 0 Å². The van der Waals surface area contributed by atoms with Gasteiger partial charge in [0.1, 0.15) is 11.2 Å². The standard InChI is InChI=1S/C42H29NOSi/c1-4-14-30(15-5-1)43-39-22-12-10-20-35(39)37-28-33(24-26-40(37)43)45(31-16-6-2-7-17-31,32-18-8-3-9-19-32)34-25-27-42-38(29-34)36-21-11-13-23-41(36)44-42/h1-29H. The first-order valence-electron chi connectivity index (χ1n) is 15.4. The van der Waals surface area contributed by atoms with Gasteiger partial charge in [0.15, 0.2) is 8.07 Å². The summed E-state index contributed by atoms with van der Waals surface area (Å²) in [6.07, 6.45) is 0. The maximum Gasteiger partial charge on any atom is 0.179 e. The van der Waals surface area contributed by atoms with Gasteiger partial charge in [0.2, 0.25) is 0 Å². The highest BCUT2D eigenvalue weighted by atomic mass is 28.3. The number of fused-ring (bicyclic) bond motifs is 6. The summed E-state index contributed by atoms with van der Waals surface area (Å²) < 4.78 is 8.70. The third kappa shape index (κ3) is 3.88. The minimum atomic E-state index is -2.80. The van der Waals surface area contributed by atoms with E-state index >= 15 is 0 Å². The van der Waals surface area contributed by atoms with Gasteiger partial charge in [-0.25, -0.2) is 0 Å². The van der Waals surface area contributed by atoms with Crippen molar-refractivity contribution >= 4 is 72.6 Å². The van der Waals surface area contributed by atoms with Gasteiger partial charge < -0.3 is 8.98 Å². The lowest BCUT2D eigenvalue weighted by Crippen LogP contribution is -2.74. The third-order valence-electron chi connectivity index (χ3n) is 9.34. The van der Waals surface area contributed by atoms with Gasteiger partial charge in [0.05, 0.1) is 11.0 Å². The van der Waals surface area contributed by atoms with Crippen LogP contribution in [0.25, 0.3) is 49.4 Å². The molecule has 0 unspecified atom stereocenters. The van der Waals surface area contributed by atoms with Crippen molar-refractivity contribution in [2.45, 2.75) is 0 Å². The number of rotatable bonds is 5. The zero-order valence-corrected chi connectivity index (χ0v) is 25.6. The highest BCUT2D eigenvalue weighted by Gasteiger charge is 2.42. The molecular formula is C42H29NOSi. The van der Waals surface area contributed by atoms with Gasteiger partial charge in [-0.05, 0) is 57.1 Å². The van der Waals surface area contributed by atoms with Crippen molar-refractivity contribution < 1.29 is 4.42 Å². The largest absolute Gasteiger partial charge is 0.456 e. The Morgan fingerprint density at radius 1 is 0.356 bits per heavy atom. The Labute approximate surface area is 262 Å². The molecular weight excluding hydrogens is 563 g/mol. The van der Waals surface area contributed by atoms with E-state index in [1.165, 1.54) is 48.2 Å². The SMILES string of the molecule is c1ccc(-n2c3ccccc3c3cc([Si](c4ccccc4)(c4ccccc4)c4ccc5oc6ccccc6c5c4)ccc32)cc1. The van der Waals surface area contributed by atoms with Crippen molar-refractivity contribution in [1.82, 2.24) is 4.57 Å². The van der Waals surface area contributed by atoms with Crippen LogP contribution in [0.2, 0.25) is 0 Å². The molecule has 2 aromatic heterocycles. The zero-order chi connectivity index (χ0) is 29.8. The molecule has 0 radical (unpaired) electrons. The minimum Gasteiger partial charge on any atom is -0.456 e. The molecule has 9 rings (SSSR count). The summed E-state index contributed by atoms with van der Waals surface area (Å²) in [4.78, 5) is 0. The van der Waals surface area contributed by atoms with Crippen molar-refractivity contribution in [3.8, 4) is 5.69 Å². The van der Waals surface area contributed by atoms with E-state index in [2.05, 4.69) is 174 Å². The maximum absolute atomic E-state index is 6.30. The van der Waals surface area contributed by atoms with Crippen molar-refractivity contribution in [2.24, 2.45) is 0 Å². The Balaban J connectivity index is 1.41. The molecule has 7 aromatic carbocycles. The summed E-state index contributed by atoms with van der Waals surface area (Å²) in [5, 5.41) is 10.3. The van der Waals surface area contributed by atoms with Crippen LogP contribution in [-0.4, -0.2) is 12.6 Å². The molecule has 212 valence electrons. The fraction of sp³-hybridized carbons (Fsp3) is 0. The van der Waals surface area contributed by atoms with E-state index in [1.807, 2.05) is 6.07 Å². The summed E-state index contributed by atoms with van der Waals surface area (Å²) in [5.41, 5.74) is 5.44. The lowest BCUT2D eigenvalue weighted by atomic mass is 10.1. The van der Waals surface area contributed by atoms with Crippen molar-refractivity contribution in [2.75, 3.05) is 0 Å². The van der Waals surface area contributed by atoms with E-state index in [0.29, 0.717) is 0 Å². The lowest BCUT2D eigenvalue weighted by Gasteiger charge is -2.34. The van der Waals surface area contributed by atoms with Gasteiger partial charge in [-0.2, -0.15) is 0 Å². The highest BCUT2D eigenvalue weighted by Crippen LogP contribution is 2.32. The van der Waals surface area contributed by atoms with Crippen LogP contribution in [0.15, 0.2) is 180 Å². The number of hydrogen-bond donors (Lipinski definition) is 0. The van der Waals surface area contributed by atoms with Gasteiger partial charge in [0, 0.05) is 27.2 Å². The number of hydrogen-bond acceptors (Lipinski definition) is 1. The van der Waals surface area contributed by atoms with Gasteiger partial charge in [0.25, 0.3) is 0 Å². The quantitative estimate of drug-likeness (QED) is 0.146. The van der Waals surface area contributed by atoms with E-state index in [0.717, 1.165) is 21.9 Å². The molecule has 9 aromatic rings. The average Bonchev–Trinajstić information content (AvgIpc) is 3.65. The average molecular weight is 592 g/mol. The number of benzene rings is 7. The number of para-hydroxylation sites is 3. The van der Waals surface area contributed by atoms with Crippen LogP contribution in [-0.2, 0) is 0 Å². The second-order valence-corrected chi connectivity index (χ2v) is 15.5. The maximum atomic E-state index is 6.30. The highest BCUT2D eigenvalue weighted by molar-refractivity contribution is 7.20. The predicted octanol–water partition coefficient (Wildman–Crippen LogP) is 8.06. The minimum absolute atomic E-state index is 0.922. The molecule has 0 N–H and O–H groups in total. The van der Waals surface area contributed by atoms with Crippen molar-refractivity contribution in [3.63, 3.8) is 0 Å². The van der Waals surface area contributed by atoms with Crippen LogP contribution in [0.3, 0.4) is 0 Å². The molecule has 0 atom stereocenters. The first kappa shape index (κ1) is 25.8. The summed E-state index contributed by atoms with van der Waals surface area (Å²) in [5.74, 6) is 0. The molecule has 0 fully saturated rings. The fourth-order valence-electron chi connectivity index (χ4n) is 7.40. The zero-order valence-electron chi connectivity index (χ0n) is 24.6. The van der Waals surface area contributed by atoms with Crippen LogP contribution in [0.1, 0.15) is 0 Å². The molecule has 0 aliphatic rings. The normalized spacial score (nSPS) is 12.0. The van der Waals surface area contributed by atoms with Crippen LogP contribution < -0.4 is 20.7 Å². The summed E-state index contributed by atoms with van der Waals surface area (Å²) >= 11 is 0. The molecule has 2 heterocycles. The molecule has 0 saturated heterocycles. The second-order valence-electron chi connectivity index (χ2n) is 11.7. The fourth-order valence-corrected chi connectivity index (χ4v) is 12.2. The Morgan fingerprint density at radius 3 is 1.58 bits per heavy atom. The molecule has 45 heavy (non-hydrogen) atoms. The van der Waals surface area contributed by atoms with Gasteiger partial charge in [-0.1, -0.05) is 140 Å². The Kier molecular flexibility index (Phi) is 5.87. The van der Waals surface area contributed by atoms with Crippen molar-refractivity contribution in [3.05, 3.63) is 176 Å².